The molecule has 0 bridgehead atoms. The van der Waals surface area contributed by atoms with Crippen LogP contribution < -0.4 is 10.6 Å². The first-order valence-corrected chi connectivity index (χ1v) is 5.62. The van der Waals surface area contributed by atoms with Crippen molar-refractivity contribution in [2.75, 3.05) is 18.0 Å². The summed E-state index contributed by atoms with van der Waals surface area (Å²) in [6.45, 7) is 5.83. The normalized spacial score (nSPS) is 15.4. The number of nitrogens with zero attached hydrogens (tertiary/aromatic N) is 2. The lowest BCUT2D eigenvalue weighted by atomic mass is 10.2. The van der Waals surface area contributed by atoms with Gasteiger partial charge in [0.25, 0.3) is 0 Å². The number of pyridine rings is 1. The molecule has 0 radical (unpaired) electrons. The molecule has 0 aromatic carbocycles. The summed E-state index contributed by atoms with van der Waals surface area (Å²) in [5, 5.41) is 0. The fraction of sp³-hybridized carbons (Fsp3) is 0.583. The van der Waals surface area contributed by atoms with Gasteiger partial charge in [-0.2, -0.15) is 0 Å². The molecule has 2 rings (SSSR count). The molecule has 0 amide bonds. The second-order valence-electron chi connectivity index (χ2n) is 4.33. The Bertz CT molecular complexity index is 345. The summed E-state index contributed by atoms with van der Waals surface area (Å²) < 4.78 is 0. The summed E-state index contributed by atoms with van der Waals surface area (Å²) in [4.78, 5) is 6.74. The number of hydrogen-bond donors (Lipinski definition) is 1. The molecule has 0 unspecified atom stereocenters. The molecule has 1 heterocycles. The van der Waals surface area contributed by atoms with E-state index in [-0.39, 0.29) is 0 Å². The van der Waals surface area contributed by atoms with Crippen molar-refractivity contribution in [1.82, 2.24) is 4.98 Å². The van der Waals surface area contributed by atoms with Gasteiger partial charge in [-0.15, -0.1) is 0 Å². The van der Waals surface area contributed by atoms with E-state index in [1.165, 1.54) is 24.1 Å². The quantitative estimate of drug-likeness (QED) is 0.812. The number of aromatic nitrogens is 1. The Morgan fingerprint density at radius 3 is 2.80 bits per heavy atom. The van der Waals surface area contributed by atoms with Crippen LogP contribution in [0.2, 0.25) is 0 Å². The number of nitrogens with two attached hydrogens (primary N) is 1. The van der Waals surface area contributed by atoms with E-state index in [9.17, 15) is 0 Å². The van der Waals surface area contributed by atoms with Gasteiger partial charge in [-0.1, -0.05) is 0 Å². The second kappa shape index (κ2) is 4.19. The molecule has 1 aliphatic rings. The zero-order valence-corrected chi connectivity index (χ0v) is 9.53. The summed E-state index contributed by atoms with van der Waals surface area (Å²) in [5.74, 6) is 0. The molecule has 0 saturated heterocycles. The van der Waals surface area contributed by atoms with Gasteiger partial charge in [0, 0.05) is 36.7 Å². The van der Waals surface area contributed by atoms with E-state index >= 15 is 0 Å². The minimum atomic E-state index is 0.717. The van der Waals surface area contributed by atoms with Crippen LogP contribution in [0.15, 0.2) is 12.3 Å². The summed E-state index contributed by atoms with van der Waals surface area (Å²) in [7, 11) is 0. The molecular weight excluding hydrogens is 186 g/mol. The van der Waals surface area contributed by atoms with Gasteiger partial charge >= 0.3 is 0 Å². The molecule has 82 valence electrons. The Hall–Kier alpha value is -1.09. The highest BCUT2D eigenvalue weighted by Crippen LogP contribution is 2.33. The van der Waals surface area contributed by atoms with Crippen LogP contribution in [0.1, 0.15) is 24.1 Å². The predicted molar refractivity (Wildman–Crippen MR) is 63.1 cm³/mol. The van der Waals surface area contributed by atoms with Crippen molar-refractivity contribution in [3.63, 3.8) is 0 Å². The number of hydrogen-bond acceptors (Lipinski definition) is 3. The lowest BCUT2D eigenvalue weighted by Crippen LogP contribution is -2.32. The van der Waals surface area contributed by atoms with Crippen molar-refractivity contribution in [1.29, 1.82) is 0 Å². The zero-order chi connectivity index (χ0) is 10.8. The van der Waals surface area contributed by atoms with Crippen molar-refractivity contribution in [2.24, 2.45) is 5.73 Å². The number of rotatable bonds is 4. The molecule has 0 aliphatic heterocycles. The SMILES string of the molecule is Cc1cc(N(CCN)C2CC2)c(C)cn1. The van der Waals surface area contributed by atoms with Crippen molar-refractivity contribution in [2.45, 2.75) is 32.7 Å². The Labute approximate surface area is 91.3 Å². The lowest BCUT2D eigenvalue weighted by molar-refractivity contribution is 0.780. The molecule has 15 heavy (non-hydrogen) atoms. The second-order valence-corrected chi connectivity index (χ2v) is 4.33. The summed E-state index contributed by atoms with van der Waals surface area (Å²) in [6.07, 6.45) is 4.57. The third-order valence-electron chi connectivity index (χ3n) is 2.88. The fourth-order valence-electron chi connectivity index (χ4n) is 1.95. The summed E-state index contributed by atoms with van der Waals surface area (Å²) >= 11 is 0. The minimum Gasteiger partial charge on any atom is -0.367 e. The van der Waals surface area contributed by atoms with E-state index in [0.717, 1.165) is 18.8 Å². The van der Waals surface area contributed by atoms with Gasteiger partial charge in [0.05, 0.1) is 0 Å². The largest absolute Gasteiger partial charge is 0.367 e. The van der Waals surface area contributed by atoms with Crippen LogP contribution >= 0.6 is 0 Å². The zero-order valence-electron chi connectivity index (χ0n) is 9.53. The van der Waals surface area contributed by atoms with Gasteiger partial charge < -0.3 is 10.6 Å². The molecule has 1 aromatic heterocycles. The molecule has 1 aliphatic carbocycles. The van der Waals surface area contributed by atoms with E-state index in [1.807, 2.05) is 13.1 Å². The van der Waals surface area contributed by atoms with Gasteiger partial charge in [0.15, 0.2) is 0 Å². The van der Waals surface area contributed by atoms with Gasteiger partial charge in [0.1, 0.15) is 0 Å². The number of aryl methyl sites for hydroxylation is 2. The molecule has 3 nitrogen and oxygen atoms in total. The van der Waals surface area contributed by atoms with Gasteiger partial charge in [-0.25, -0.2) is 0 Å². The van der Waals surface area contributed by atoms with Crippen LogP contribution in [0.25, 0.3) is 0 Å². The number of anilines is 1. The van der Waals surface area contributed by atoms with Crippen LogP contribution in [0.3, 0.4) is 0 Å². The monoisotopic (exact) mass is 205 g/mol. The van der Waals surface area contributed by atoms with Crippen molar-refractivity contribution in [3.05, 3.63) is 23.5 Å². The summed E-state index contributed by atoms with van der Waals surface area (Å²) in [5.41, 5.74) is 9.31. The van der Waals surface area contributed by atoms with Crippen LogP contribution in [0.4, 0.5) is 5.69 Å². The highest BCUT2D eigenvalue weighted by atomic mass is 15.2. The average Bonchev–Trinajstić information content (AvgIpc) is 3.02. The third-order valence-corrected chi connectivity index (χ3v) is 2.88. The first-order chi connectivity index (χ1) is 7.22. The summed E-state index contributed by atoms with van der Waals surface area (Å²) in [6, 6.07) is 2.89. The molecule has 0 atom stereocenters. The molecule has 1 saturated carbocycles. The molecule has 2 N–H and O–H groups in total. The van der Waals surface area contributed by atoms with E-state index in [1.54, 1.807) is 0 Å². The topological polar surface area (TPSA) is 42.1 Å². The van der Waals surface area contributed by atoms with Crippen molar-refractivity contribution >= 4 is 5.69 Å². The Morgan fingerprint density at radius 1 is 1.47 bits per heavy atom. The molecule has 1 aromatic rings. The predicted octanol–water partition coefficient (Wildman–Crippen LogP) is 1.63. The van der Waals surface area contributed by atoms with Crippen LogP contribution in [0, 0.1) is 13.8 Å². The fourth-order valence-corrected chi connectivity index (χ4v) is 1.95. The van der Waals surface area contributed by atoms with E-state index in [2.05, 4.69) is 22.9 Å². The van der Waals surface area contributed by atoms with Crippen LogP contribution in [-0.2, 0) is 0 Å². The molecule has 1 fully saturated rings. The highest BCUT2D eigenvalue weighted by molar-refractivity contribution is 5.54. The average molecular weight is 205 g/mol. The third kappa shape index (κ3) is 2.29. The Balaban J connectivity index is 2.27. The molecule has 0 spiro atoms. The maximum atomic E-state index is 5.66. The van der Waals surface area contributed by atoms with E-state index < -0.39 is 0 Å². The maximum absolute atomic E-state index is 5.66. The van der Waals surface area contributed by atoms with Crippen molar-refractivity contribution in [3.8, 4) is 0 Å². The van der Waals surface area contributed by atoms with Gasteiger partial charge in [-0.3, -0.25) is 4.98 Å². The lowest BCUT2D eigenvalue weighted by Gasteiger charge is -2.25. The maximum Gasteiger partial charge on any atom is 0.0432 e. The first-order valence-electron chi connectivity index (χ1n) is 5.62. The first kappa shape index (κ1) is 10.4. The smallest absolute Gasteiger partial charge is 0.0432 e. The van der Waals surface area contributed by atoms with Crippen LogP contribution in [-0.4, -0.2) is 24.1 Å². The highest BCUT2D eigenvalue weighted by Gasteiger charge is 2.29. The van der Waals surface area contributed by atoms with E-state index in [4.69, 9.17) is 5.73 Å². The van der Waals surface area contributed by atoms with Gasteiger partial charge in [0.2, 0.25) is 0 Å². The Kier molecular flexibility index (Phi) is 2.91. The molecular formula is C12H19N3. The van der Waals surface area contributed by atoms with Crippen molar-refractivity contribution < 1.29 is 0 Å². The molecule has 3 heteroatoms. The van der Waals surface area contributed by atoms with Crippen LogP contribution in [0.5, 0.6) is 0 Å². The Morgan fingerprint density at radius 2 is 2.20 bits per heavy atom. The van der Waals surface area contributed by atoms with Gasteiger partial charge in [-0.05, 0) is 38.3 Å². The standard InChI is InChI=1S/C12H19N3/c1-9-8-14-10(2)7-12(9)15(6-5-13)11-3-4-11/h7-8,11H,3-6,13H2,1-2H3. The minimum absolute atomic E-state index is 0.717. The van der Waals surface area contributed by atoms with E-state index in [0.29, 0.717) is 6.04 Å².